The van der Waals surface area contributed by atoms with Crippen molar-refractivity contribution < 1.29 is 32.0 Å². The van der Waals surface area contributed by atoms with Crippen LogP contribution in [0.1, 0.15) is 30.4 Å². The maximum atomic E-state index is 12.7. The lowest BCUT2D eigenvalue weighted by molar-refractivity contribution is -0.137. The Morgan fingerprint density at radius 3 is 2.50 bits per heavy atom. The largest absolute Gasteiger partial charge is 0.493 e. The summed E-state index contributed by atoms with van der Waals surface area (Å²) in [7, 11) is -2.66. The van der Waals surface area contributed by atoms with Crippen molar-refractivity contribution in [3.8, 4) is 11.5 Å². The Hall–Kier alpha value is -2.89. The number of thiocarbonyl (C=S) groups is 1. The Labute approximate surface area is 207 Å². The molecule has 0 spiro atoms. The van der Waals surface area contributed by atoms with Crippen molar-refractivity contribution in [2.75, 3.05) is 13.7 Å². The molecule has 2 aromatic rings. The standard InChI is InChI=1S/C23H23NO7S3/c1-15-6-9-17(10-7-15)34(28,29)31-18-11-8-16(13-19(18)30-2)14-20-22(27)24(23(32)33-20)12-4-3-5-21(25)26/h6-11,13-14H,3-5,12H2,1-2H3,(H,25,26). The second kappa shape index (κ2) is 11.0. The third-order valence-electron chi connectivity index (χ3n) is 4.89. The van der Waals surface area contributed by atoms with Gasteiger partial charge >= 0.3 is 16.1 Å². The monoisotopic (exact) mass is 521 g/mol. The fourth-order valence-corrected chi connectivity index (χ4v) is 5.35. The van der Waals surface area contributed by atoms with E-state index in [1.807, 2.05) is 6.92 Å². The van der Waals surface area contributed by atoms with E-state index in [0.29, 0.717) is 34.2 Å². The number of nitrogens with zero attached hydrogens (tertiary/aromatic N) is 1. The number of benzene rings is 2. The van der Waals surface area contributed by atoms with Gasteiger partial charge in [-0.05, 0) is 55.7 Å². The van der Waals surface area contributed by atoms with Gasteiger partial charge in [0.2, 0.25) is 0 Å². The molecule has 2 aromatic carbocycles. The van der Waals surface area contributed by atoms with Gasteiger partial charge in [-0.15, -0.1) is 0 Å². The number of unbranched alkanes of at least 4 members (excludes halogenated alkanes) is 1. The summed E-state index contributed by atoms with van der Waals surface area (Å²) >= 11 is 6.45. The summed E-state index contributed by atoms with van der Waals surface area (Å²) in [6, 6.07) is 10.9. The molecule has 1 fully saturated rings. The van der Waals surface area contributed by atoms with E-state index >= 15 is 0 Å². The lowest BCUT2D eigenvalue weighted by atomic mass is 10.2. The number of ether oxygens (including phenoxy) is 1. The molecule has 0 saturated carbocycles. The number of hydrogen-bond acceptors (Lipinski definition) is 8. The molecule has 0 aromatic heterocycles. The molecule has 1 saturated heterocycles. The average Bonchev–Trinajstić information content (AvgIpc) is 3.04. The van der Waals surface area contributed by atoms with E-state index in [-0.39, 0.29) is 28.7 Å². The van der Waals surface area contributed by atoms with E-state index in [4.69, 9.17) is 26.2 Å². The van der Waals surface area contributed by atoms with Crippen LogP contribution in [-0.2, 0) is 19.7 Å². The zero-order valence-corrected chi connectivity index (χ0v) is 21.0. The predicted octanol–water partition coefficient (Wildman–Crippen LogP) is 4.23. The summed E-state index contributed by atoms with van der Waals surface area (Å²) in [5, 5.41) is 8.74. The number of amides is 1. The number of carbonyl (C=O) groups is 2. The van der Waals surface area contributed by atoms with Crippen LogP contribution in [0, 0.1) is 6.92 Å². The van der Waals surface area contributed by atoms with Crippen molar-refractivity contribution in [3.63, 3.8) is 0 Å². The minimum absolute atomic E-state index is 0.0196. The summed E-state index contributed by atoms with van der Waals surface area (Å²) in [5.74, 6) is -0.926. The second-order valence-corrected chi connectivity index (χ2v) is 10.7. The summed E-state index contributed by atoms with van der Waals surface area (Å²) in [5.41, 5.74) is 1.52. The summed E-state index contributed by atoms with van der Waals surface area (Å²) < 4.78 is 36.2. The number of rotatable bonds is 10. The maximum absolute atomic E-state index is 12.7. The van der Waals surface area contributed by atoms with Crippen LogP contribution in [-0.4, -0.2) is 48.3 Å². The predicted molar refractivity (Wildman–Crippen MR) is 133 cm³/mol. The van der Waals surface area contributed by atoms with Crippen LogP contribution in [0.4, 0.5) is 0 Å². The number of aliphatic carboxylic acids is 1. The van der Waals surface area contributed by atoms with Crippen LogP contribution in [0.5, 0.6) is 11.5 Å². The van der Waals surface area contributed by atoms with Crippen LogP contribution >= 0.6 is 24.0 Å². The molecule has 0 bridgehead atoms. The van der Waals surface area contributed by atoms with Crippen molar-refractivity contribution in [3.05, 3.63) is 58.5 Å². The lowest BCUT2D eigenvalue weighted by Gasteiger charge is -2.13. The average molecular weight is 522 g/mol. The third-order valence-corrected chi connectivity index (χ3v) is 7.52. The Bertz CT molecular complexity index is 1240. The van der Waals surface area contributed by atoms with Crippen LogP contribution in [0.25, 0.3) is 6.08 Å². The minimum Gasteiger partial charge on any atom is -0.493 e. The van der Waals surface area contributed by atoms with Gasteiger partial charge in [0.1, 0.15) is 9.22 Å². The van der Waals surface area contributed by atoms with Crippen LogP contribution in [0.2, 0.25) is 0 Å². The molecule has 0 radical (unpaired) electrons. The number of methoxy groups -OCH3 is 1. The number of carboxylic acids is 1. The van der Waals surface area contributed by atoms with Gasteiger partial charge in [-0.3, -0.25) is 14.5 Å². The van der Waals surface area contributed by atoms with Gasteiger partial charge in [-0.2, -0.15) is 8.42 Å². The van der Waals surface area contributed by atoms with Crippen molar-refractivity contribution in [2.24, 2.45) is 0 Å². The molecule has 1 aliphatic heterocycles. The maximum Gasteiger partial charge on any atom is 0.339 e. The first-order chi connectivity index (χ1) is 16.1. The van der Waals surface area contributed by atoms with Gasteiger partial charge in [0.15, 0.2) is 11.5 Å². The molecule has 11 heteroatoms. The first-order valence-corrected chi connectivity index (χ1v) is 12.9. The zero-order valence-electron chi connectivity index (χ0n) is 18.5. The van der Waals surface area contributed by atoms with Crippen molar-refractivity contribution in [2.45, 2.75) is 31.1 Å². The Morgan fingerprint density at radius 2 is 1.85 bits per heavy atom. The smallest absolute Gasteiger partial charge is 0.339 e. The molecule has 1 N–H and O–H groups in total. The number of carbonyl (C=O) groups excluding carboxylic acids is 1. The molecule has 0 unspecified atom stereocenters. The first kappa shape index (κ1) is 25.7. The van der Waals surface area contributed by atoms with Crippen molar-refractivity contribution >= 4 is 56.4 Å². The molecule has 1 heterocycles. The van der Waals surface area contributed by atoms with Gasteiger partial charge in [-0.1, -0.05) is 47.7 Å². The van der Waals surface area contributed by atoms with Crippen molar-refractivity contribution in [1.82, 2.24) is 4.90 Å². The lowest BCUT2D eigenvalue weighted by Crippen LogP contribution is -2.29. The third kappa shape index (κ3) is 6.37. The quantitative estimate of drug-likeness (QED) is 0.213. The normalized spacial score (nSPS) is 15.1. The molecule has 1 amide bonds. The van der Waals surface area contributed by atoms with Crippen LogP contribution in [0.15, 0.2) is 52.3 Å². The highest BCUT2D eigenvalue weighted by atomic mass is 32.2. The van der Waals surface area contributed by atoms with E-state index in [1.54, 1.807) is 30.3 Å². The molecule has 0 atom stereocenters. The molecular formula is C23H23NO7S3. The molecular weight excluding hydrogens is 498 g/mol. The first-order valence-electron chi connectivity index (χ1n) is 10.3. The molecule has 0 aliphatic carbocycles. The van der Waals surface area contributed by atoms with Gasteiger partial charge in [0.05, 0.1) is 12.0 Å². The summed E-state index contributed by atoms with van der Waals surface area (Å²) in [6.45, 7) is 2.20. The van der Waals surface area contributed by atoms with Gasteiger partial charge in [0.25, 0.3) is 5.91 Å². The number of hydrogen-bond donors (Lipinski definition) is 1. The number of aryl methyl sites for hydroxylation is 1. The highest BCUT2D eigenvalue weighted by Crippen LogP contribution is 2.35. The Balaban J connectivity index is 1.75. The SMILES string of the molecule is COc1cc(C=C2SC(=S)N(CCCCC(=O)O)C2=O)ccc1OS(=O)(=O)c1ccc(C)cc1. The van der Waals surface area contributed by atoms with Crippen LogP contribution < -0.4 is 8.92 Å². The van der Waals surface area contributed by atoms with Gasteiger partial charge in [-0.25, -0.2) is 0 Å². The molecule has 1 aliphatic rings. The van der Waals surface area contributed by atoms with Crippen LogP contribution in [0.3, 0.4) is 0 Å². The zero-order chi connectivity index (χ0) is 24.9. The number of thioether (sulfide) groups is 1. The Morgan fingerprint density at radius 1 is 1.15 bits per heavy atom. The van der Waals surface area contributed by atoms with E-state index in [9.17, 15) is 18.0 Å². The summed E-state index contributed by atoms with van der Waals surface area (Å²) in [6.07, 6.45) is 2.66. The fourth-order valence-electron chi connectivity index (χ4n) is 3.10. The van der Waals surface area contributed by atoms with E-state index < -0.39 is 16.1 Å². The summed E-state index contributed by atoms with van der Waals surface area (Å²) in [4.78, 5) is 25.3. The molecule has 8 nitrogen and oxygen atoms in total. The second-order valence-electron chi connectivity index (χ2n) is 7.45. The van der Waals surface area contributed by atoms with E-state index in [2.05, 4.69) is 0 Å². The van der Waals surface area contributed by atoms with Gasteiger partial charge < -0.3 is 14.0 Å². The van der Waals surface area contributed by atoms with E-state index in [1.165, 1.54) is 30.2 Å². The van der Waals surface area contributed by atoms with E-state index in [0.717, 1.165) is 17.3 Å². The fraction of sp³-hybridized carbons (Fsp3) is 0.261. The Kier molecular flexibility index (Phi) is 8.34. The molecule has 180 valence electrons. The topological polar surface area (TPSA) is 110 Å². The molecule has 3 rings (SSSR count). The molecule has 34 heavy (non-hydrogen) atoms. The van der Waals surface area contributed by atoms with Gasteiger partial charge in [0, 0.05) is 13.0 Å². The minimum atomic E-state index is -4.05. The number of carboxylic acid groups (broad SMARTS) is 1. The van der Waals surface area contributed by atoms with Crippen molar-refractivity contribution in [1.29, 1.82) is 0 Å². The highest BCUT2D eigenvalue weighted by Gasteiger charge is 2.31. The highest BCUT2D eigenvalue weighted by molar-refractivity contribution is 8.26.